The zero-order valence-corrected chi connectivity index (χ0v) is 15.9. The summed E-state index contributed by atoms with van der Waals surface area (Å²) in [7, 11) is 0. The lowest BCUT2D eigenvalue weighted by atomic mass is 10.1. The molecule has 27 heavy (non-hydrogen) atoms. The number of nitrogens with two attached hydrogens (primary N) is 1. The van der Waals surface area contributed by atoms with Crippen LogP contribution in [0.25, 0.3) is 39.4 Å². The van der Waals surface area contributed by atoms with Crippen LogP contribution in [0, 0.1) is 5.82 Å². The zero-order chi connectivity index (χ0) is 19.1. The topological polar surface area (TPSA) is 82.5 Å². The van der Waals surface area contributed by atoms with Crippen LogP contribution in [0.2, 0.25) is 0 Å². The summed E-state index contributed by atoms with van der Waals surface area (Å²) >= 11 is 3.29. The molecular weight excluding hydrogens is 411 g/mol. The summed E-state index contributed by atoms with van der Waals surface area (Å²) in [6.45, 7) is 5.84. The Hall–Kier alpha value is -3.13. The molecule has 3 heterocycles. The van der Waals surface area contributed by atoms with Gasteiger partial charge in [-0.2, -0.15) is 0 Å². The minimum Gasteiger partial charge on any atom is -0.368 e. The molecule has 0 bridgehead atoms. The number of imidazole rings is 1. The van der Waals surface area contributed by atoms with Crippen molar-refractivity contribution in [1.29, 1.82) is 0 Å². The number of anilines is 1. The van der Waals surface area contributed by atoms with Gasteiger partial charge in [-0.3, -0.25) is 4.57 Å². The second kappa shape index (κ2) is 6.55. The summed E-state index contributed by atoms with van der Waals surface area (Å²) in [4.78, 5) is 16.9. The second-order valence-electron chi connectivity index (χ2n) is 6.00. The monoisotopic (exact) mass is 424 g/mol. The Balaban J connectivity index is 1.95. The van der Waals surface area contributed by atoms with Crippen LogP contribution in [0.1, 0.15) is 6.92 Å². The van der Waals surface area contributed by atoms with E-state index in [4.69, 9.17) is 5.73 Å². The van der Waals surface area contributed by atoms with E-state index in [9.17, 15) is 4.39 Å². The summed E-state index contributed by atoms with van der Waals surface area (Å²) in [5.41, 5.74) is 9.58. The molecule has 0 aliphatic carbocycles. The van der Waals surface area contributed by atoms with Gasteiger partial charge in [-0.25, -0.2) is 24.3 Å². The van der Waals surface area contributed by atoms with Crippen LogP contribution < -0.4 is 5.73 Å². The smallest absolute Gasteiger partial charge is 0.219 e. The molecule has 1 aromatic carbocycles. The van der Waals surface area contributed by atoms with Crippen LogP contribution in [0.15, 0.2) is 53.9 Å². The molecule has 0 radical (unpaired) electrons. The molecule has 0 fully saturated rings. The first-order valence-corrected chi connectivity index (χ1v) is 8.82. The van der Waals surface area contributed by atoms with Gasteiger partial charge >= 0.3 is 0 Å². The van der Waals surface area contributed by atoms with Gasteiger partial charge in [0, 0.05) is 23.7 Å². The highest BCUT2D eigenvalue weighted by molar-refractivity contribution is 9.10. The Morgan fingerprint density at radius 1 is 1.11 bits per heavy atom. The number of nitrogen functional groups attached to an aromatic ring is 1. The lowest BCUT2D eigenvalue weighted by Gasteiger charge is -2.09. The molecule has 0 atom stereocenters. The van der Waals surface area contributed by atoms with Gasteiger partial charge in [-0.05, 0) is 52.7 Å². The van der Waals surface area contributed by atoms with Crippen molar-refractivity contribution in [2.24, 2.45) is 0 Å². The van der Waals surface area contributed by atoms with Crippen molar-refractivity contribution in [3.05, 3.63) is 59.7 Å². The van der Waals surface area contributed by atoms with Gasteiger partial charge in [0.05, 0.1) is 11.0 Å². The number of pyridine rings is 1. The average molecular weight is 425 g/mol. The molecule has 0 aliphatic heterocycles. The van der Waals surface area contributed by atoms with Crippen LogP contribution in [-0.2, 0) is 0 Å². The van der Waals surface area contributed by atoms with Gasteiger partial charge < -0.3 is 5.73 Å². The number of hydrogen-bond donors (Lipinski definition) is 1. The van der Waals surface area contributed by atoms with Gasteiger partial charge in [0.15, 0.2) is 11.6 Å². The van der Waals surface area contributed by atoms with Crippen molar-refractivity contribution in [2.45, 2.75) is 6.92 Å². The second-order valence-corrected chi connectivity index (χ2v) is 6.82. The SMILES string of the molecule is C=C(C)n1c(-c2nc(Br)ccc2F)nc2cc(-c3cnc(N)nc3)ccc21. The van der Waals surface area contributed by atoms with Crippen LogP contribution in [0.4, 0.5) is 10.3 Å². The lowest BCUT2D eigenvalue weighted by Crippen LogP contribution is -2.00. The average Bonchev–Trinajstić information content (AvgIpc) is 3.03. The fraction of sp³-hybridized carbons (Fsp3) is 0.0526. The third-order valence-corrected chi connectivity index (χ3v) is 4.51. The van der Waals surface area contributed by atoms with E-state index in [1.807, 2.05) is 25.1 Å². The van der Waals surface area contributed by atoms with Crippen LogP contribution >= 0.6 is 15.9 Å². The number of aromatic nitrogens is 5. The third kappa shape index (κ3) is 3.08. The Morgan fingerprint density at radius 2 is 1.85 bits per heavy atom. The maximum atomic E-state index is 14.4. The summed E-state index contributed by atoms with van der Waals surface area (Å²) in [6, 6.07) is 8.62. The van der Waals surface area contributed by atoms with Crippen molar-refractivity contribution >= 4 is 38.6 Å². The van der Waals surface area contributed by atoms with Crippen LogP contribution in [-0.4, -0.2) is 24.5 Å². The van der Waals surface area contributed by atoms with E-state index in [1.54, 1.807) is 23.0 Å². The van der Waals surface area contributed by atoms with Gasteiger partial charge in [0.25, 0.3) is 0 Å². The van der Waals surface area contributed by atoms with Gasteiger partial charge in [-0.1, -0.05) is 12.6 Å². The standard InChI is InChI=1S/C19H14BrFN6/c1-10(2)27-15-5-3-11(12-8-23-19(22)24-9-12)7-14(15)25-18(27)17-13(21)4-6-16(20)26-17/h3-9H,1H2,2H3,(H2,22,23,24). The summed E-state index contributed by atoms with van der Waals surface area (Å²) < 4.78 is 16.7. The lowest BCUT2D eigenvalue weighted by molar-refractivity contribution is 0.623. The predicted molar refractivity (Wildman–Crippen MR) is 107 cm³/mol. The zero-order valence-electron chi connectivity index (χ0n) is 14.3. The minimum atomic E-state index is -0.455. The molecular formula is C19H14BrFN6. The van der Waals surface area contributed by atoms with E-state index in [0.717, 1.165) is 16.6 Å². The minimum absolute atomic E-state index is 0.154. The summed E-state index contributed by atoms with van der Waals surface area (Å²) in [6.07, 6.45) is 3.30. The molecule has 4 aromatic rings. The molecule has 0 unspecified atom stereocenters. The van der Waals surface area contributed by atoms with Crippen molar-refractivity contribution in [3.8, 4) is 22.6 Å². The summed E-state index contributed by atoms with van der Waals surface area (Å²) in [5, 5.41) is 0. The number of allylic oxidation sites excluding steroid dienone is 1. The predicted octanol–water partition coefficient (Wildman–Crippen LogP) is 4.53. The molecule has 6 nitrogen and oxygen atoms in total. The number of nitrogens with zero attached hydrogens (tertiary/aromatic N) is 5. The first-order chi connectivity index (χ1) is 12.9. The number of hydrogen-bond acceptors (Lipinski definition) is 5. The van der Waals surface area contributed by atoms with Crippen molar-refractivity contribution in [2.75, 3.05) is 5.73 Å². The third-order valence-electron chi connectivity index (χ3n) is 4.07. The molecule has 4 rings (SSSR count). The van der Waals surface area contributed by atoms with E-state index in [1.165, 1.54) is 6.07 Å². The largest absolute Gasteiger partial charge is 0.368 e. The van der Waals surface area contributed by atoms with E-state index >= 15 is 0 Å². The highest BCUT2D eigenvalue weighted by atomic mass is 79.9. The number of halogens is 2. The molecule has 2 N–H and O–H groups in total. The van der Waals surface area contributed by atoms with Crippen molar-refractivity contribution < 1.29 is 4.39 Å². The Labute approximate surface area is 162 Å². The number of benzene rings is 1. The van der Waals surface area contributed by atoms with Crippen LogP contribution in [0.5, 0.6) is 0 Å². The first-order valence-electron chi connectivity index (χ1n) is 8.03. The quantitative estimate of drug-likeness (QED) is 0.488. The van der Waals surface area contributed by atoms with Gasteiger partial charge in [-0.15, -0.1) is 0 Å². The van der Waals surface area contributed by atoms with Crippen molar-refractivity contribution in [3.63, 3.8) is 0 Å². The molecule has 3 aromatic heterocycles. The fourth-order valence-corrected chi connectivity index (χ4v) is 3.18. The van der Waals surface area contributed by atoms with E-state index in [0.29, 0.717) is 21.6 Å². The Morgan fingerprint density at radius 3 is 2.56 bits per heavy atom. The summed E-state index contributed by atoms with van der Waals surface area (Å²) in [5.74, 6) is 0.148. The molecule has 134 valence electrons. The maximum absolute atomic E-state index is 14.4. The number of rotatable bonds is 3. The van der Waals surface area contributed by atoms with Crippen LogP contribution in [0.3, 0.4) is 0 Å². The molecule has 0 amide bonds. The van der Waals surface area contributed by atoms with Crippen molar-refractivity contribution in [1.82, 2.24) is 24.5 Å². The highest BCUT2D eigenvalue weighted by Crippen LogP contribution is 2.31. The van der Waals surface area contributed by atoms with E-state index < -0.39 is 5.82 Å². The molecule has 0 saturated carbocycles. The number of fused-ring (bicyclic) bond motifs is 1. The van der Waals surface area contributed by atoms with Gasteiger partial charge in [0.2, 0.25) is 5.95 Å². The first kappa shape index (κ1) is 17.3. The molecule has 8 heteroatoms. The molecule has 0 aliphatic rings. The molecule has 0 spiro atoms. The normalized spacial score (nSPS) is 11.1. The Kier molecular flexibility index (Phi) is 4.19. The molecule has 0 saturated heterocycles. The van der Waals surface area contributed by atoms with E-state index in [-0.39, 0.29) is 11.6 Å². The van der Waals surface area contributed by atoms with E-state index in [2.05, 4.69) is 42.4 Å². The fourth-order valence-electron chi connectivity index (χ4n) is 2.87. The highest BCUT2D eigenvalue weighted by Gasteiger charge is 2.18. The maximum Gasteiger partial charge on any atom is 0.219 e. The van der Waals surface area contributed by atoms with Gasteiger partial charge in [0.1, 0.15) is 10.3 Å². The Bertz CT molecular complexity index is 1180.